The van der Waals surface area contributed by atoms with Crippen LogP contribution in [0.4, 0.5) is 0 Å². The lowest BCUT2D eigenvalue weighted by atomic mass is 9.77. The van der Waals surface area contributed by atoms with Crippen LogP contribution in [0.25, 0.3) is 0 Å². The Bertz CT molecular complexity index is 136. The predicted molar refractivity (Wildman–Crippen MR) is 53.0 cm³/mol. The van der Waals surface area contributed by atoms with Gasteiger partial charge in [0.15, 0.2) is 0 Å². The van der Waals surface area contributed by atoms with Gasteiger partial charge in [0.25, 0.3) is 0 Å². The lowest BCUT2D eigenvalue weighted by molar-refractivity contribution is 0.230. The van der Waals surface area contributed by atoms with Crippen molar-refractivity contribution in [3.05, 3.63) is 0 Å². The Labute approximate surface area is 76.7 Å². The molecular formula is C12H22. The largest absolute Gasteiger partial charge is 0.0628 e. The summed E-state index contributed by atoms with van der Waals surface area (Å²) in [7, 11) is 0. The van der Waals surface area contributed by atoms with Gasteiger partial charge in [-0.1, -0.05) is 26.7 Å². The van der Waals surface area contributed by atoms with Gasteiger partial charge >= 0.3 is 0 Å². The first-order chi connectivity index (χ1) is 5.74. The summed E-state index contributed by atoms with van der Waals surface area (Å²) in [6.07, 6.45) is 9.31. The molecule has 2 aliphatic rings. The summed E-state index contributed by atoms with van der Waals surface area (Å²) in [6.45, 7) is 4.74. The summed E-state index contributed by atoms with van der Waals surface area (Å²) >= 11 is 0. The highest BCUT2D eigenvalue weighted by Crippen LogP contribution is 2.46. The Morgan fingerprint density at radius 2 is 1.58 bits per heavy atom. The molecule has 2 atom stereocenters. The summed E-state index contributed by atoms with van der Waals surface area (Å²) in [5, 5.41) is 0. The highest BCUT2D eigenvalue weighted by Gasteiger charge is 2.33. The quantitative estimate of drug-likeness (QED) is 0.584. The van der Waals surface area contributed by atoms with Crippen molar-refractivity contribution in [1.29, 1.82) is 0 Å². The predicted octanol–water partition coefficient (Wildman–Crippen LogP) is 3.86. The van der Waals surface area contributed by atoms with Crippen LogP contribution in [-0.4, -0.2) is 0 Å². The molecule has 2 rings (SSSR count). The van der Waals surface area contributed by atoms with Gasteiger partial charge in [0.1, 0.15) is 0 Å². The second-order valence-electron chi connectivity index (χ2n) is 5.51. The maximum atomic E-state index is 2.37. The Balaban J connectivity index is 1.85. The Kier molecular flexibility index (Phi) is 2.43. The van der Waals surface area contributed by atoms with E-state index >= 15 is 0 Å². The molecule has 0 N–H and O–H groups in total. The van der Waals surface area contributed by atoms with Crippen molar-refractivity contribution >= 4 is 0 Å². The van der Waals surface area contributed by atoms with E-state index in [-0.39, 0.29) is 0 Å². The van der Waals surface area contributed by atoms with Crippen molar-refractivity contribution in [2.24, 2.45) is 23.7 Å². The van der Waals surface area contributed by atoms with Gasteiger partial charge in [-0.2, -0.15) is 0 Å². The number of rotatable bonds is 2. The second-order valence-corrected chi connectivity index (χ2v) is 5.51. The first-order valence-corrected chi connectivity index (χ1v) is 5.74. The van der Waals surface area contributed by atoms with E-state index in [0.29, 0.717) is 0 Å². The number of fused-ring (bicyclic) bond motifs is 2. The maximum absolute atomic E-state index is 2.37. The van der Waals surface area contributed by atoms with E-state index in [1.54, 1.807) is 32.1 Å². The standard InChI is InChI=1S/C12H22/c1-9(2)5-12-7-10-3-4-11(6-10)8-12/h9-12H,3-8H2,1-2H3. The molecule has 2 saturated carbocycles. The molecule has 0 heteroatoms. The minimum atomic E-state index is 0.924. The minimum absolute atomic E-state index is 0.924. The molecule has 0 spiro atoms. The number of hydrogen-bond donors (Lipinski definition) is 0. The molecule has 2 bridgehead atoms. The third-order valence-corrected chi connectivity index (χ3v) is 3.79. The molecule has 0 aromatic rings. The van der Waals surface area contributed by atoms with Crippen LogP contribution in [0.2, 0.25) is 0 Å². The van der Waals surface area contributed by atoms with Crippen LogP contribution < -0.4 is 0 Å². The fourth-order valence-electron chi connectivity index (χ4n) is 3.50. The van der Waals surface area contributed by atoms with Crippen LogP contribution in [0.15, 0.2) is 0 Å². The molecule has 0 aromatic heterocycles. The normalized spacial score (nSPS) is 40.8. The monoisotopic (exact) mass is 166 g/mol. The third-order valence-electron chi connectivity index (χ3n) is 3.79. The summed E-state index contributed by atoms with van der Waals surface area (Å²) in [5.41, 5.74) is 0. The molecule has 70 valence electrons. The summed E-state index contributed by atoms with van der Waals surface area (Å²) in [6, 6.07) is 0. The lowest BCUT2D eigenvalue weighted by Crippen LogP contribution is -2.17. The first kappa shape index (κ1) is 8.59. The van der Waals surface area contributed by atoms with Crippen molar-refractivity contribution in [3.63, 3.8) is 0 Å². The van der Waals surface area contributed by atoms with Crippen LogP contribution >= 0.6 is 0 Å². The molecule has 2 unspecified atom stereocenters. The van der Waals surface area contributed by atoms with Crippen molar-refractivity contribution in [2.75, 3.05) is 0 Å². The zero-order valence-electron chi connectivity index (χ0n) is 8.55. The summed E-state index contributed by atoms with van der Waals surface area (Å²) in [5.74, 6) is 4.28. The highest BCUT2D eigenvalue weighted by molar-refractivity contribution is 4.85. The molecular weight excluding hydrogens is 144 g/mol. The van der Waals surface area contributed by atoms with E-state index in [1.165, 1.54) is 6.42 Å². The fourth-order valence-corrected chi connectivity index (χ4v) is 3.50. The van der Waals surface area contributed by atoms with E-state index < -0.39 is 0 Å². The summed E-state index contributed by atoms with van der Waals surface area (Å²) in [4.78, 5) is 0. The van der Waals surface area contributed by atoms with Gasteiger partial charge in [-0.05, 0) is 49.4 Å². The van der Waals surface area contributed by atoms with Gasteiger partial charge in [-0.25, -0.2) is 0 Å². The molecule has 0 amide bonds. The Morgan fingerprint density at radius 1 is 1.00 bits per heavy atom. The van der Waals surface area contributed by atoms with E-state index in [2.05, 4.69) is 13.8 Å². The van der Waals surface area contributed by atoms with Gasteiger partial charge in [-0.3, -0.25) is 0 Å². The molecule has 0 saturated heterocycles. The maximum Gasteiger partial charge on any atom is -0.0407 e. The molecule has 0 nitrogen and oxygen atoms in total. The third kappa shape index (κ3) is 1.84. The van der Waals surface area contributed by atoms with Gasteiger partial charge < -0.3 is 0 Å². The molecule has 0 aliphatic heterocycles. The SMILES string of the molecule is CC(C)CC1CC2CCC(C2)C1. The first-order valence-electron chi connectivity index (χ1n) is 5.74. The molecule has 0 heterocycles. The smallest absolute Gasteiger partial charge is 0.0407 e. The van der Waals surface area contributed by atoms with Crippen LogP contribution in [0.1, 0.15) is 52.4 Å². The highest BCUT2D eigenvalue weighted by atomic mass is 14.4. The summed E-state index contributed by atoms with van der Waals surface area (Å²) < 4.78 is 0. The van der Waals surface area contributed by atoms with Gasteiger partial charge in [0.2, 0.25) is 0 Å². The minimum Gasteiger partial charge on any atom is -0.0628 e. The zero-order chi connectivity index (χ0) is 8.55. The van der Waals surface area contributed by atoms with Crippen LogP contribution in [0.3, 0.4) is 0 Å². The molecule has 0 radical (unpaired) electrons. The van der Waals surface area contributed by atoms with E-state index in [1.807, 2.05) is 0 Å². The van der Waals surface area contributed by atoms with Crippen molar-refractivity contribution in [1.82, 2.24) is 0 Å². The molecule has 2 fully saturated rings. The van der Waals surface area contributed by atoms with Crippen LogP contribution in [-0.2, 0) is 0 Å². The second kappa shape index (κ2) is 3.40. The van der Waals surface area contributed by atoms with Crippen LogP contribution in [0.5, 0.6) is 0 Å². The molecule has 12 heavy (non-hydrogen) atoms. The topological polar surface area (TPSA) is 0 Å². The van der Waals surface area contributed by atoms with Crippen molar-refractivity contribution < 1.29 is 0 Å². The average molecular weight is 166 g/mol. The van der Waals surface area contributed by atoms with Crippen molar-refractivity contribution in [2.45, 2.75) is 52.4 Å². The molecule has 0 aromatic carbocycles. The van der Waals surface area contributed by atoms with E-state index in [0.717, 1.165) is 23.7 Å². The van der Waals surface area contributed by atoms with E-state index in [9.17, 15) is 0 Å². The molecule has 2 aliphatic carbocycles. The zero-order valence-corrected chi connectivity index (χ0v) is 8.55. The van der Waals surface area contributed by atoms with Gasteiger partial charge in [0.05, 0.1) is 0 Å². The Hall–Kier alpha value is 0. The van der Waals surface area contributed by atoms with Crippen LogP contribution in [0, 0.1) is 23.7 Å². The number of hydrogen-bond acceptors (Lipinski definition) is 0. The van der Waals surface area contributed by atoms with Crippen molar-refractivity contribution in [3.8, 4) is 0 Å². The fraction of sp³-hybridized carbons (Fsp3) is 1.00. The Morgan fingerprint density at radius 3 is 2.08 bits per heavy atom. The van der Waals surface area contributed by atoms with E-state index in [4.69, 9.17) is 0 Å². The lowest BCUT2D eigenvalue weighted by Gasteiger charge is -2.28. The van der Waals surface area contributed by atoms with Gasteiger partial charge in [0, 0.05) is 0 Å². The average Bonchev–Trinajstić information content (AvgIpc) is 2.29. The van der Waals surface area contributed by atoms with Gasteiger partial charge in [-0.15, -0.1) is 0 Å².